The molecule has 0 atom stereocenters. The number of hydrogen-bond donors (Lipinski definition) is 0. The van der Waals surface area contributed by atoms with Gasteiger partial charge in [0, 0.05) is 10.6 Å². The minimum atomic E-state index is 0.0152. The standard InChI is InChI=1S/C26H24N4OS2/c1-16-12-13-18(17(2)14-16)15-32-26-28-27-25-29(19-8-4-3-5-9-19)23(31)22-20-10-6-7-11-21(20)33-24(22)30(25)26/h3-5,8-9,12-14H,6-7,10-11,15H2,1-2H3. The second kappa shape index (κ2) is 8.15. The molecule has 1 aliphatic rings. The van der Waals surface area contributed by atoms with Crippen LogP contribution in [0.3, 0.4) is 0 Å². The van der Waals surface area contributed by atoms with Gasteiger partial charge in [0.1, 0.15) is 4.83 Å². The predicted octanol–water partition coefficient (Wildman–Crippen LogP) is 5.88. The first kappa shape index (κ1) is 20.7. The van der Waals surface area contributed by atoms with Crippen molar-refractivity contribution in [3.63, 3.8) is 0 Å². The normalized spacial score (nSPS) is 13.6. The molecule has 0 radical (unpaired) electrons. The summed E-state index contributed by atoms with van der Waals surface area (Å²) in [6, 6.07) is 16.4. The van der Waals surface area contributed by atoms with E-state index in [1.54, 1.807) is 27.7 Å². The van der Waals surface area contributed by atoms with Gasteiger partial charge in [-0.1, -0.05) is 53.7 Å². The summed E-state index contributed by atoms with van der Waals surface area (Å²) in [4.78, 5) is 16.2. The number of thiophene rings is 1. The Morgan fingerprint density at radius 3 is 2.67 bits per heavy atom. The summed E-state index contributed by atoms with van der Waals surface area (Å²) >= 11 is 3.43. The van der Waals surface area contributed by atoms with Crippen LogP contribution in [0.4, 0.5) is 0 Å². The van der Waals surface area contributed by atoms with Crippen molar-refractivity contribution >= 4 is 39.1 Å². The Bertz CT molecular complexity index is 1560. The monoisotopic (exact) mass is 472 g/mol. The van der Waals surface area contributed by atoms with Crippen molar-refractivity contribution < 1.29 is 0 Å². The number of para-hydroxylation sites is 1. The van der Waals surface area contributed by atoms with E-state index in [9.17, 15) is 4.79 Å². The molecule has 0 bridgehead atoms. The summed E-state index contributed by atoms with van der Waals surface area (Å²) in [6.45, 7) is 4.28. The summed E-state index contributed by atoms with van der Waals surface area (Å²) in [5.41, 5.74) is 5.92. The van der Waals surface area contributed by atoms with Crippen molar-refractivity contribution in [1.82, 2.24) is 19.2 Å². The van der Waals surface area contributed by atoms with E-state index in [2.05, 4.69) is 46.6 Å². The van der Waals surface area contributed by atoms with E-state index in [0.717, 1.165) is 46.1 Å². The van der Waals surface area contributed by atoms with Gasteiger partial charge in [-0.15, -0.1) is 21.5 Å². The molecule has 33 heavy (non-hydrogen) atoms. The Morgan fingerprint density at radius 1 is 1.03 bits per heavy atom. The SMILES string of the molecule is Cc1ccc(CSc2nnc3n(-c4ccccc4)c(=O)c4c5c(sc4n23)CCCC5)c(C)c1. The molecule has 5 nitrogen and oxygen atoms in total. The number of benzene rings is 2. The second-order valence-corrected chi connectivity index (χ2v) is 10.7. The fourth-order valence-corrected chi connectivity index (χ4v) is 7.22. The molecular formula is C26H24N4OS2. The lowest BCUT2D eigenvalue weighted by molar-refractivity contribution is 0.699. The minimum Gasteiger partial charge on any atom is -0.268 e. The molecule has 5 aromatic rings. The van der Waals surface area contributed by atoms with Crippen molar-refractivity contribution in [2.45, 2.75) is 50.4 Å². The molecule has 1 aliphatic carbocycles. The first-order valence-corrected chi connectivity index (χ1v) is 13.1. The van der Waals surface area contributed by atoms with E-state index in [0.29, 0.717) is 5.78 Å². The third-order valence-electron chi connectivity index (χ3n) is 6.46. The zero-order valence-electron chi connectivity index (χ0n) is 18.7. The van der Waals surface area contributed by atoms with E-state index < -0.39 is 0 Å². The van der Waals surface area contributed by atoms with E-state index in [1.165, 1.54) is 33.6 Å². The van der Waals surface area contributed by atoms with Crippen LogP contribution in [-0.2, 0) is 18.6 Å². The largest absolute Gasteiger partial charge is 0.268 e. The number of nitrogens with zero attached hydrogens (tertiary/aromatic N) is 4. The van der Waals surface area contributed by atoms with Gasteiger partial charge in [-0.2, -0.15) is 0 Å². The molecular weight excluding hydrogens is 448 g/mol. The Kier molecular flexibility index (Phi) is 5.11. The number of hydrogen-bond acceptors (Lipinski definition) is 5. The highest BCUT2D eigenvalue weighted by atomic mass is 32.2. The van der Waals surface area contributed by atoms with Crippen LogP contribution in [0.5, 0.6) is 0 Å². The Morgan fingerprint density at radius 2 is 1.85 bits per heavy atom. The first-order chi connectivity index (χ1) is 16.1. The van der Waals surface area contributed by atoms with Crippen LogP contribution in [0.25, 0.3) is 21.7 Å². The number of rotatable bonds is 4. The maximum Gasteiger partial charge on any atom is 0.268 e. The lowest BCUT2D eigenvalue weighted by atomic mass is 9.97. The van der Waals surface area contributed by atoms with Crippen LogP contribution in [-0.4, -0.2) is 19.2 Å². The number of aromatic nitrogens is 4. The molecule has 3 heterocycles. The van der Waals surface area contributed by atoms with E-state index in [4.69, 9.17) is 0 Å². The van der Waals surface area contributed by atoms with Crippen LogP contribution >= 0.6 is 23.1 Å². The fraction of sp³-hybridized carbons (Fsp3) is 0.269. The van der Waals surface area contributed by atoms with E-state index >= 15 is 0 Å². The Hall–Kier alpha value is -2.90. The highest BCUT2D eigenvalue weighted by Gasteiger charge is 2.25. The Balaban J connectivity index is 1.58. The summed E-state index contributed by atoms with van der Waals surface area (Å²) in [5.74, 6) is 1.39. The van der Waals surface area contributed by atoms with Gasteiger partial charge in [0.2, 0.25) is 5.78 Å². The molecule has 6 rings (SSSR count). The second-order valence-electron chi connectivity index (χ2n) is 8.70. The smallest absolute Gasteiger partial charge is 0.268 e. The van der Waals surface area contributed by atoms with Gasteiger partial charge >= 0.3 is 0 Å². The lowest BCUT2D eigenvalue weighted by Crippen LogP contribution is -2.22. The van der Waals surface area contributed by atoms with Crippen molar-refractivity contribution in [2.75, 3.05) is 0 Å². The number of thioether (sulfide) groups is 1. The van der Waals surface area contributed by atoms with Gasteiger partial charge in [-0.3, -0.25) is 4.79 Å². The zero-order chi connectivity index (χ0) is 22.5. The molecule has 0 unspecified atom stereocenters. The summed E-state index contributed by atoms with van der Waals surface area (Å²) < 4.78 is 3.85. The maximum absolute atomic E-state index is 13.8. The van der Waals surface area contributed by atoms with Gasteiger partial charge in [0.25, 0.3) is 5.56 Å². The highest BCUT2D eigenvalue weighted by molar-refractivity contribution is 7.98. The molecule has 2 aromatic carbocycles. The summed E-state index contributed by atoms with van der Waals surface area (Å²) in [7, 11) is 0. The van der Waals surface area contributed by atoms with Gasteiger partial charge in [0.15, 0.2) is 5.16 Å². The van der Waals surface area contributed by atoms with Crippen molar-refractivity contribution in [3.8, 4) is 5.69 Å². The van der Waals surface area contributed by atoms with Crippen LogP contribution in [0.2, 0.25) is 0 Å². The zero-order valence-corrected chi connectivity index (χ0v) is 20.3. The maximum atomic E-state index is 13.8. The molecule has 0 fully saturated rings. The van der Waals surface area contributed by atoms with E-state index in [1.807, 2.05) is 30.3 Å². The fourth-order valence-electron chi connectivity index (χ4n) is 4.77. The molecule has 0 saturated carbocycles. The minimum absolute atomic E-state index is 0.0152. The van der Waals surface area contributed by atoms with Crippen molar-refractivity contribution in [1.29, 1.82) is 0 Å². The quantitative estimate of drug-likeness (QED) is 0.306. The topological polar surface area (TPSA) is 52.2 Å². The van der Waals surface area contributed by atoms with Gasteiger partial charge in [0.05, 0.1) is 11.1 Å². The molecule has 0 saturated heterocycles. The number of fused-ring (bicyclic) bond motifs is 5. The number of aryl methyl sites for hydroxylation is 4. The van der Waals surface area contributed by atoms with Gasteiger partial charge in [-0.05, 0) is 68.4 Å². The molecule has 0 amide bonds. The molecule has 0 spiro atoms. The molecule has 0 aliphatic heterocycles. The Labute approximate surface area is 200 Å². The van der Waals surface area contributed by atoms with Crippen molar-refractivity contribution in [3.05, 3.63) is 86.0 Å². The van der Waals surface area contributed by atoms with Crippen molar-refractivity contribution in [2.24, 2.45) is 0 Å². The average Bonchev–Trinajstić information content (AvgIpc) is 3.41. The average molecular weight is 473 g/mol. The summed E-state index contributed by atoms with van der Waals surface area (Å²) in [5, 5.41) is 10.8. The third-order valence-corrected chi connectivity index (χ3v) is 8.71. The van der Waals surface area contributed by atoms with Crippen LogP contribution in [0.15, 0.2) is 58.5 Å². The summed E-state index contributed by atoms with van der Waals surface area (Å²) in [6.07, 6.45) is 4.34. The highest BCUT2D eigenvalue weighted by Crippen LogP contribution is 2.37. The van der Waals surface area contributed by atoms with Crippen LogP contribution in [0.1, 0.15) is 40.0 Å². The molecule has 166 valence electrons. The molecule has 0 N–H and O–H groups in total. The van der Waals surface area contributed by atoms with Crippen LogP contribution < -0.4 is 5.56 Å². The van der Waals surface area contributed by atoms with Crippen LogP contribution in [0, 0.1) is 13.8 Å². The van der Waals surface area contributed by atoms with Gasteiger partial charge in [-0.25, -0.2) is 8.97 Å². The van der Waals surface area contributed by atoms with E-state index in [-0.39, 0.29) is 5.56 Å². The molecule has 7 heteroatoms. The molecule has 3 aromatic heterocycles. The van der Waals surface area contributed by atoms with Gasteiger partial charge < -0.3 is 0 Å². The lowest BCUT2D eigenvalue weighted by Gasteiger charge is -2.12. The predicted molar refractivity (Wildman–Crippen MR) is 136 cm³/mol. The third kappa shape index (κ3) is 3.42. The first-order valence-electron chi connectivity index (χ1n) is 11.3.